The zero-order chi connectivity index (χ0) is 14.5. The van der Waals surface area contributed by atoms with Gasteiger partial charge in [-0.15, -0.1) is 0 Å². The Morgan fingerprint density at radius 2 is 2.05 bits per heavy atom. The van der Waals surface area contributed by atoms with Crippen LogP contribution in [-0.2, 0) is 0 Å². The SMILES string of the molecule is CC(C)Oc1ccc2ccccc2c1C=NNC(N)=O. The van der Waals surface area contributed by atoms with Crippen LogP contribution in [0.3, 0.4) is 0 Å². The van der Waals surface area contributed by atoms with E-state index in [2.05, 4.69) is 10.5 Å². The second-order valence-corrected chi connectivity index (χ2v) is 4.60. The first kappa shape index (κ1) is 13.9. The van der Waals surface area contributed by atoms with Crippen molar-refractivity contribution in [3.8, 4) is 5.75 Å². The summed E-state index contributed by atoms with van der Waals surface area (Å²) in [6.45, 7) is 3.91. The van der Waals surface area contributed by atoms with Crippen LogP contribution >= 0.6 is 0 Å². The molecule has 3 N–H and O–H groups in total. The van der Waals surface area contributed by atoms with Crippen molar-refractivity contribution in [1.29, 1.82) is 0 Å². The zero-order valence-electron chi connectivity index (χ0n) is 11.5. The maximum absolute atomic E-state index is 10.7. The number of benzene rings is 2. The van der Waals surface area contributed by atoms with Crippen LogP contribution in [0.5, 0.6) is 5.75 Å². The van der Waals surface area contributed by atoms with Gasteiger partial charge in [-0.2, -0.15) is 5.10 Å². The molecule has 0 aliphatic carbocycles. The summed E-state index contributed by atoms with van der Waals surface area (Å²) in [6.07, 6.45) is 1.59. The molecule has 0 spiro atoms. The third kappa shape index (κ3) is 3.26. The molecule has 0 aliphatic rings. The van der Waals surface area contributed by atoms with Gasteiger partial charge in [-0.25, -0.2) is 10.2 Å². The highest BCUT2D eigenvalue weighted by atomic mass is 16.5. The highest BCUT2D eigenvalue weighted by Crippen LogP contribution is 2.27. The Kier molecular flexibility index (Phi) is 4.20. The standard InChI is InChI=1S/C15H17N3O2/c1-10(2)20-14-8-7-11-5-3-4-6-12(11)13(14)9-17-18-15(16)19/h3-10H,1-2H3,(H3,16,18,19). The van der Waals surface area contributed by atoms with E-state index in [1.165, 1.54) is 0 Å². The van der Waals surface area contributed by atoms with Gasteiger partial charge in [0.05, 0.1) is 12.3 Å². The molecule has 2 amide bonds. The van der Waals surface area contributed by atoms with Crippen molar-refractivity contribution < 1.29 is 9.53 Å². The van der Waals surface area contributed by atoms with E-state index in [1.807, 2.05) is 50.2 Å². The number of ether oxygens (including phenoxy) is 1. The molecule has 2 aromatic rings. The van der Waals surface area contributed by atoms with Crippen molar-refractivity contribution in [2.24, 2.45) is 10.8 Å². The normalized spacial score (nSPS) is 11.2. The van der Waals surface area contributed by atoms with Crippen molar-refractivity contribution in [2.75, 3.05) is 0 Å². The number of nitrogens with one attached hydrogen (secondary N) is 1. The van der Waals surface area contributed by atoms with E-state index in [-0.39, 0.29) is 6.10 Å². The van der Waals surface area contributed by atoms with E-state index in [9.17, 15) is 4.79 Å². The van der Waals surface area contributed by atoms with E-state index in [1.54, 1.807) is 6.21 Å². The third-order valence-corrected chi connectivity index (χ3v) is 2.66. The molecule has 0 bridgehead atoms. The quantitative estimate of drug-likeness (QED) is 0.662. The number of nitrogens with zero attached hydrogens (tertiary/aromatic N) is 1. The van der Waals surface area contributed by atoms with Gasteiger partial charge >= 0.3 is 6.03 Å². The molecule has 0 aromatic heterocycles. The van der Waals surface area contributed by atoms with Crippen molar-refractivity contribution in [2.45, 2.75) is 20.0 Å². The lowest BCUT2D eigenvalue weighted by Crippen LogP contribution is -2.24. The van der Waals surface area contributed by atoms with E-state index < -0.39 is 6.03 Å². The smallest absolute Gasteiger partial charge is 0.332 e. The fourth-order valence-corrected chi connectivity index (χ4v) is 1.93. The van der Waals surface area contributed by atoms with Gasteiger partial charge in [0.1, 0.15) is 5.75 Å². The summed E-state index contributed by atoms with van der Waals surface area (Å²) >= 11 is 0. The molecule has 0 saturated carbocycles. The van der Waals surface area contributed by atoms with Crippen molar-refractivity contribution in [3.63, 3.8) is 0 Å². The molecular formula is C15H17N3O2. The first-order valence-corrected chi connectivity index (χ1v) is 6.35. The predicted molar refractivity (Wildman–Crippen MR) is 80.0 cm³/mol. The summed E-state index contributed by atoms with van der Waals surface area (Å²) in [4.78, 5) is 10.7. The molecule has 5 heteroatoms. The summed E-state index contributed by atoms with van der Waals surface area (Å²) in [6, 6.07) is 11.1. The molecule has 5 nitrogen and oxygen atoms in total. The van der Waals surface area contributed by atoms with Gasteiger partial charge in [-0.05, 0) is 30.7 Å². The van der Waals surface area contributed by atoms with E-state index in [0.29, 0.717) is 5.75 Å². The minimum Gasteiger partial charge on any atom is -0.490 e. The lowest BCUT2D eigenvalue weighted by atomic mass is 10.0. The Bertz CT molecular complexity index is 651. The molecule has 0 saturated heterocycles. The monoisotopic (exact) mass is 271 g/mol. The molecule has 2 aromatic carbocycles. The van der Waals surface area contributed by atoms with Crippen LogP contribution in [0.1, 0.15) is 19.4 Å². The average Bonchev–Trinajstić information content (AvgIpc) is 2.40. The molecule has 0 fully saturated rings. The highest BCUT2D eigenvalue weighted by molar-refractivity contribution is 6.02. The number of hydrogen-bond donors (Lipinski definition) is 2. The first-order valence-electron chi connectivity index (χ1n) is 6.35. The minimum atomic E-state index is -0.701. The van der Waals surface area contributed by atoms with Gasteiger partial charge in [0.2, 0.25) is 0 Å². The summed E-state index contributed by atoms with van der Waals surface area (Å²) in [5.74, 6) is 0.716. The Morgan fingerprint density at radius 1 is 1.30 bits per heavy atom. The number of rotatable bonds is 4. The van der Waals surface area contributed by atoms with Gasteiger partial charge in [-0.3, -0.25) is 0 Å². The Hall–Kier alpha value is -2.56. The van der Waals surface area contributed by atoms with Crippen molar-refractivity contribution >= 4 is 23.0 Å². The fraction of sp³-hybridized carbons (Fsp3) is 0.200. The van der Waals surface area contributed by atoms with Crippen LogP contribution in [-0.4, -0.2) is 18.3 Å². The molecule has 0 heterocycles. The number of urea groups is 1. The summed E-state index contributed by atoms with van der Waals surface area (Å²) in [5.41, 5.74) is 8.00. The van der Waals surface area contributed by atoms with E-state index in [4.69, 9.17) is 10.5 Å². The Morgan fingerprint density at radius 3 is 2.75 bits per heavy atom. The summed E-state index contributed by atoms with van der Waals surface area (Å²) < 4.78 is 5.78. The molecule has 0 radical (unpaired) electrons. The molecule has 0 aliphatic heterocycles. The van der Waals surface area contributed by atoms with Gasteiger partial charge in [0.15, 0.2) is 0 Å². The van der Waals surface area contributed by atoms with Crippen molar-refractivity contribution in [1.82, 2.24) is 5.43 Å². The van der Waals surface area contributed by atoms with Gasteiger partial charge in [-0.1, -0.05) is 30.3 Å². The van der Waals surface area contributed by atoms with Crippen LogP contribution < -0.4 is 15.9 Å². The lowest BCUT2D eigenvalue weighted by Gasteiger charge is -2.14. The van der Waals surface area contributed by atoms with Crippen LogP contribution in [0.25, 0.3) is 10.8 Å². The number of hydrogen-bond acceptors (Lipinski definition) is 3. The van der Waals surface area contributed by atoms with Crippen LogP contribution in [0.15, 0.2) is 41.5 Å². The topological polar surface area (TPSA) is 76.7 Å². The number of hydrazone groups is 1. The second kappa shape index (κ2) is 6.06. The molecular weight excluding hydrogens is 254 g/mol. The Labute approximate surface area is 117 Å². The van der Waals surface area contributed by atoms with Crippen LogP contribution in [0, 0.1) is 0 Å². The molecule has 104 valence electrons. The maximum Gasteiger partial charge on any atom is 0.332 e. The minimum absolute atomic E-state index is 0.0485. The predicted octanol–water partition coefficient (Wildman–Crippen LogP) is 2.63. The number of primary amides is 1. The number of carbonyl (C=O) groups is 1. The molecule has 2 rings (SSSR count). The average molecular weight is 271 g/mol. The highest BCUT2D eigenvalue weighted by Gasteiger charge is 2.08. The summed E-state index contributed by atoms with van der Waals surface area (Å²) in [7, 11) is 0. The van der Waals surface area contributed by atoms with Gasteiger partial charge in [0, 0.05) is 5.56 Å². The third-order valence-electron chi connectivity index (χ3n) is 2.66. The molecule has 0 atom stereocenters. The van der Waals surface area contributed by atoms with Gasteiger partial charge in [0.25, 0.3) is 0 Å². The molecule has 20 heavy (non-hydrogen) atoms. The lowest BCUT2D eigenvalue weighted by molar-refractivity contribution is 0.242. The van der Waals surface area contributed by atoms with Crippen LogP contribution in [0.2, 0.25) is 0 Å². The van der Waals surface area contributed by atoms with E-state index >= 15 is 0 Å². The van der Waals surface area contributed by atoms with Crippen LogP contribution in [0.4, 0.5) is 4.79 Å². The second-order valence-electron chi connectivity index (χ2n) is 4.60. The molecule has 0 unspecified atom stereocenters. The Balaban J connectivity index is 2.49. The number of nitrogens with two attached hydrogens (primary N) is 1. The number of fused-ring (bicyclic) bond motifs is 1. The maximum atomic E-state index is 10.7. The van der Waals surface area contributed by atoms with Gasteiger partial charge < -0.3 is 10.5 Å². The van der Waals surface area contributed by atoms with Crippen molar-refractivity contribution in [3.05, 3.63) is 42.0 Å². The largest absolute Gasteiger partial charge is 0.490 e. The summed E-state index contributed by atoms with van der Waals surface area (Å²) in [5, 5.41) is 5.90. The number of carbonyl (C=O) groups excluding carboxylic acids is 1. The first-order chi connectivity index (χ1) is 9.58. The number of amides is 2. The van der Waals surface area contributed by atoms with E-state index in [0.717, 1.165) is 16.3 Å². The fourth-order valence-electron chi connectivity index (χ4n) is 1.93. The zero-order valence-corrected chi connectivity index (χ0v) is 11.5.